The number of anilines is 3. The minimum absolute atomic E-state index is 0.322. The Morgan fingerprint density at radius 2 is 1.64 bits per heavy atom. The lowest BCUT2D eigenvalue weighted by Gasteiger charge is -2.24. The van der Waals surface area contributed by atoms with E-state index in [4.69, 9.17) is 20.0 Å². The Hall–Kier alpha value is -3.95. The van der Waals surface area contributed by atoms with Gasteiger partial charge >= 0.3 is 0 Å². The number of fused-ring (bicyclic) bond motifs is 1. The first-order chi connectivity index (χ1) is 16.2. The topological polar surface area (TPSA) is 82.9 Å². The van der Waals surface area contributed by atoms with E-state index in [1.54, 1.807) is 0 Å². The third-order valence-electron chi connectivity index (χ3n) is 5.91. The van der Waals surface area contributed by atoms with Crippen LogP contribution in [0.1, 0.15) is 24.0 Å². The molecule has 0 radical (unpaired) electrons. The van der Waals surface area contributed by atoms with E-state index in [-0.39, 0.29) is 0 Å². The quantitative estimate of drug-likeness (QED) is 0.411. The van der Waals surface area contributed by atoms with Gasteiger partial charge in [-0.15, -0.1) is 0 Å². The van der Waals surface area contributed by atoms with E-state index < -0.39 is 0 Å². The van der Waals surface area contributed by atoms with Crippen molar-refractivity contribution in [2.75, 3.05) is 23.8 Å². The fourth-order valence-corrected chi connectivity index (χ4v) is 4.01. The largest absolute Gasteiger partial charge is 0.381 e. The highest BCUT2D eigenvalue weighted by Gasteiger charge is 2.17. The van der Waals surface area contributed by atoms with Crippen molar-refractivity contribution in [2.45, 2.75) is 25.8 Å². The van der Waals surface area contributed by atoms with Crippen molar-refractivity contribution in [1.82, 2.24) is 9.97 Å². The van der Waals surface area contributed by atoms with Crippen LogP contribution in [0.15, 0.2) is 66.7 Å². The highest BCUT2D eigenvalue weighted by Crippen LogP contribution is 2.30. The number of aryl methyl sites for hydroxylation is 1. The third kappa shape index (κ3) is 4.79. The smallest absolute Gasteiger partial charge is 0.229 e. The second-order valence-electron chi connectivity index (χ2n) is 8.34. The molecule has 5 rings (SSSR count). The van der Waals surface area contributed by atoms with Crippen LogP contribution in [0.4, 0.5) is 17.5 Å². The lowest BCUT2D eigenvalue weighted by atomic mass is 10.0. The summed E-state index contributed by atoms with van der Waals surface area (Å²) in [5.41, 5.74) is 5.74. The van der Waals surface area contributed by atoms with Gasteiger partial charge in [0.15, 0.2) is 0 Å². The van der Waals surface area contributed by atoms with Crippen molar-refractivity contribution in [1.29, 1.82) is 5.26 Å². The average Bonchev–Trinajstić information content (AvgIpc) is 2.86. The van der Waals surface area contributed by atoms with Crippen LogP contribution in [0.5, 0.6) is 0 Å². The molecular weight excluding hydrogens is 410 g/mol. The first-order valence-corrected chi connectivity index (χ1v) is 11.2. The standard InChI is InChI=1S/C27H25N5O/c1-18-2-9-22(10-3-18)30-27-31-25-16-21(20-6-4-19(17-28)5-7-20)8-11-24(25)26(32-27)29-23-12-14-33-15-13-23/h2-11,16,23H,12-15H2,1H3,(H2,29,30,31,32). The number of hydrogen-bond donors (Lipinski definition) is 2. The maximum absolute atomic E-state index is 9.08. The molecule has 0 atom stereocenters. The van der Waals surface area contributed by atoms with Gasteiger partial charge in [-0.25, -0.2) is 4.98 Å². The van der Waals surface area contributed by atoms with Crippen molar-refractivity contribution in [3.05, 3.63) is 77.9 Å². The number of nitrogens with one attached hydrogen (secondary N) is 2. The molecule has 1 fully saturated rings. The molecule has 6 heteroatoms. The van der Waals surface area contributed by atoms with Gasteiger partial charge in [0.25, 0.3) is 0 Å². The molecule has 0 unspecified atom stereocenters. The average molecular weight is 436 g/mol. The van der Waals surface area contributed by atoms with Crippen LogP contribution in [0, 0.1) is 18.3 Å². The molecule has 1 aliphatic rings. The summed E-state index contributed by atoms with van der Waals surface area (Å²) in [6.07, 6.45) is 1.91. The summed E-state index contributed by atoms with van der Waals surface area (Å²) in [5.74, 6) is 1.38. The molecule has 6 nitrogen and oxygen atoms in total. The van der Waals surface area contributed by atoms with E-state index in [0.717, 1.165) is 59.6 Å². The Morgan fingerprint density at radius 3 is 2.36 bits per heavy atom. The zero-order chi connectivity index (χ0) is 22.6. The van der Waals surface area contributed by atoms with Gasteiger partial charge in [-0.3, -0.25) is 0 Å². The van der Waals surface area contributed by atoms with Crippen molar-refractivity contribution in [2.24, 2.45) is 0 Å². The zero-order valence-corrected chi connectivity index (χ0v) is 18.5. The number of nitriles is 1. The number of aromatic nitrogens is 2. The number of rotatable bonds is 5. The van der Waals surface area contributed by atoms with Crippen LogP contribution >= 0.6 is 0 Å². The van der Waals surface area contributed by atoms with Gasteiger partial charge in [-0.2, -0.15) is 10.2 Å². The van der Waals surface area contributed by atoms with E-state index >= 15 is 0 Å². The number of hydrogen-bond acceptors (Lipinski definition) is 6. The molecule has 0 aliphatic carbocycles. The fraction of sp³-hybridized carbons (Fsp3) is 0.222. The molecule has 0 amide bonds. The SMILES string of the molecule is Cc1ccc(Nc2nc(NC3CCOCC3)c3ccc(-c4ccc(C#N)cc4)cc3n2)cc1. The molecule has 0 spiro atoms. The Bertz CT molecular complexity index is 1300. The summed E-state index contributed by atoms with van der Waals surface area (Å²) >= 11 is 0. The number of benzene rings is 3. The van der Waals surface area contributed by atoms with Crippen LogP contribution in [0.3, 0.4) is 0 Å². The molecule has 0 saturated carbocycles. The van der Waals surface area contributed by atoms with Crippen LogP contribution in [-0.2, 0) is 4.74 Å². The van der Waals surface area contributed by atoms with E-state index in [1.165, 1.54) is 5.56 Å². The second-order valence-corrected chi connectivity index (χ2v) is 8.34. The summed E-state index contributed by atoms with van der Waals surface area (Å²) in [6, 6.07) is 24.5. The highest BCUT2D eigenvalue weighted by molar-refractivity contribution is 5.93. The van der Waals surface area contributed by atoms with Crippen LogP contribution in [0.25, 0.3) is 22.0 Å². The molecule has 0 bridgehead atoms. The van der Waals surface area contributed by atoms with E-state index in [0.29, 0.717) is 17.6 Å². The first kappa shape index (κ1) is 20.9. The monoisotopic (exact) mass is 435 g/mol. The van der Waals surface area contributed by atoms with Gasteiger partial charge < -0.3 is 15.4 Å². The molecule has 2 heterocycles. The Kier molecular flexibility index (Phi) is 5.88. The predicted molar refractivity (Wildman–Crippen MR) is 132 cm³/mol. The minimum Gasteiger partial charge on any atom is -0.381 e. The van der Waals surface area contributed by atoms with Gasteiger partial charge in [0.1, 0.15) is 5.82 Å². The van der Waals surface area contributed by atoms with E-state index in [1.807, 2.05) is 36.4 Å². The summed E-state index contributed by atoms with van der Waals surface area (Å²) in [4.78, 5) is 9.65. The fourth-order valence-electron chi connectivity index (χ4n) is 4.01. The van der Waals surface area contributed by atoms with Crippen molar-refractivity contribution in [3.8, 4) is 17.2 Å². The normalized spacial score (nSPS) is 14.1. The van der Waals surface area contributed by atoms with Crippen molar-refractivity contribution >= 4 is 28.4 Å². The Morgan fingerprint density at radius 1 is 0.909 bits per heavy atom. The summed E-state index contributed by atoms with van der Waals surface area (Å²) in [6.45, 7) is 3.59. The molecule has 33 heavy (non-hydrogen) atoms. The third-order valence-corrected chi connectivity index (χ3v) is 5.91. The number of ether oxygens (including phenoxy) is 1. The Labute approximate surface area is 193 Å². The molecule has 1 saturated heterocycles. The van der Waals surface area contributed by atoms with Gasteiger partial charge in [-0.05, 0) is 67.3 Å². The molecule has 1 aromatic heterocycles. The molecule has 1 aliphatic heterocycles. The molecule has 164 valence electrons. The second kappa shape index (κ2) is 9.27. The first-order valence-electron chi connectivity index (χ1n) is 11.2. The Balaban J connectivity index is 1.54. The van der Waals surface area contributed by atoms with Crippen LogP contribution in [0.2, 0.25) is 0 Å². The maximum Gasteiger partial charge on any atom is 0.229 e. The predicted octanol–water partition coefficient (Wildman–Crippen LogP) is 5.81. The molecular formula is C27H25N5O. The minimum atomic E-state index is 0.322. The van der Waals surface area contributed by atoms with Gasteiger partial charge in [-0.1, -0.05) is 35.9 Å². The van der Waals surface area contributed by atoms with Gasteiger partial charge in [0, 0.05) is 30.3 Å². The highest BCUT2D eigenvalue weighted by atomic mass is 16.5. The van der Waals surface area contributed by atoms with Gasteiger partial charge in [0.2, 0.25) is 5.95 Å². The van der Waals surface area contributed by atoms with Crippen molar-refractivity contribution < 1.29 is 4.74 Å². The lowest BCUT2D eigenvalue weighted by molar-refractivity contribution is 0.0904. The summed E-state index contributed by atoms with van der Waals surface area (Å²) in [7, 11) is 0. The number of nitrogens with zero attached hydrogens (tertiary/aromatic N) is 3. The summed E-state index contributed by atoms with van der Waals surface area (Å²) in [5, 5.41) is 17.0. The summed E-state index contributed by atoms with van der Waals surface area (Å²) < 4.78 is 5.51. The van der Waals surface area contributed by atoms with Crippen LogP contribution in [-0.4, -0.2) is 29.2 Å². The maximum atomic E-state index is 9.08. The molecule has 4 aromatic rings. The zero-order valence-electron chi connectivity index (χ0n) is 18.5. The lowest BCUT2D eigenvalue weighted by Crippen LogP contribution is -2.28. The van der Waals surface area contributed by atoms with E-state index in [9.17, 15) is 0 Å². The van der Waals surface area contributed by atoms with Crippen LogP contribution < -0.4 is 10.6 Å². The van der Waals surface area contributed by atoms with E-state index in [2.05, 4.69) is 54.0 Å². The molecule has 3 aromatic carbocycles. The van der Waals surface area contributed by atoms with Crippen molar-refractivity contribution in [3.63, 3.8) is 0 Å². The van der Waals surface area contributed by atoms with Gasteiger partial charge in [0.05, 0.1) is 17.1 Å². The molecule has 2 N–H and O–H groups in total.